The molecule has 0 spiro atoms. The third-order valence-corrected chi connectivity index (χ3v) is 2.20. The van der Waals surface area contributed by atoms with Crippen molar-refractivity contribution in [1.29, 1.82) is 0 Å². The second kappa shape index (κ2) is 4.08. The zero-order valence-corrected chi connectivity index (χ0v) is 9.54. The summed E-state index contributed by atoms with van der Waals surface area (Å²) in [5.74, 6) is 0. The average Bonchev–Trinajstić information content (AvgIpc) is 2.49. The van der Waals surface area contributed by atoms with E-state index in [2.05, 4.69) is 5.10 Å². The van der Waals surface area contributed by atoms with Crippen molar-refractivity contribution < 1.29 is 13.2 Å². The van der Waals surface area contributed by atoms with E-state index in [9.17, 15) is 13.2 Å². The zero-order valence-electron chi connectivity index (χ0n) is 9.54. The molecule has 0 radical (unpaired) electrons. The summed E-state index contributed by atoms with van der Waals surface area (Å²) >= 11 is 0. The molecule has 0 bridgehead atoms. The van der Waals surface area contributed by atoms with Crippen LogP contribution in [0.3, 0.4) is 0 Å². The molecular weight excluding hydrogens is 219 g/mol. The van der Waals surface area contributed by atoms with Crippen molar-refractivity contribution in [3.05, 3.63) is 18.0 Å². The number of rotatable bonds is 2. The fourth-order valence-electron chi connectivity index (χ4n) is 1.20. The first-order valence-corrected chi connectivity index (χ1v) is 4.97. The van der Waals surface area contributed by atoms with E-state index in [0.717, 1.165) is 0 Å². The van der Waals surface area contributed by atoms with Crippen molar-refractivity contribution in [2.45, 2.75) is 44.9 Å². The van der Waals surface area contributed by atoms with E-state index in [1.807, 2.05) is 20.8 Å². The predicted molar refractivity (Wildman–Crippen MR) is 55.0 cm³/mol. The van der Waals surface area contributed by atoms with Gasteiger partial charge in [-0.1, -0.05) is 0 Å². The minimum absolute atomic E-state index is 0.236. The van der Waals surface area contributed by atoms with Gasteiger partial charge < -0.3 is 5.73 Å². The van der Waals surface area contributed by atoms with Crippen LogP contribution in [0, 0.1) is 0 Å². The van der Waals surface area contributed by atoms with Crippen LogP contribution in [0.25, 0.3) is 0 Å². The third kappa shape index (κ3) is 3.23. The summed E-state index contributed by atoms with van der Waals surface area (Å²) in [7, 11) is 0. The Balaban J connectivity index is 2.74. The molecule has 1 aromatic heterocycles. The molecule has 0 aliphatic carbocycles. The molecule has 0 amide bonds. The summed E-state index contributed by atoms with van der Waals surface area (Å²) in [6.07, 6.45) is -1.56. The first kappa shape index (κ1) is 13.0. The maximum Gasteiger partial charge on any atom is 0.403 e. The highest BCUT2D eigenvalue weighted by Crippen LogP contribution is 2.22. The predicted octanol–water partition coefficient (Wildman–Crippen LogP) is 2.07. The Morgan fingerprint density at radius 1 is 1.38 bits per heavy atom. The van der Waals surface area contributed by atoms with E-state index < -0.39 is 12.2 Å². The molecule has 92 valence electrons. The van der Waals surface area contributed by atoms with Gasteiger partial charge >= 0.3 is 6.18 Å². The molecule has 1 heterocycles. The van der Waals surface area contributed by atoms with Gasteiger partial charge in [0.05, 0.1) is 11.7 Å². The molecule has 0 fully saturated rings. The van der Waals surface area contributed by atoms with Gasteiger partial charge in [-0.2, -0.15) is 18.3 Å². The quantitative estimate of drug-likeness (QED) is 0.852. The van der Waals surface area contributed by atoms with Gasteiger partial charge in [-0.25, -0.2) is 0 Å². The minimum Gasteiger partial charge on any atom is -0.320 e. The van der Waals surface area contributed by atoms with Crippen molar-refractivity contribution in [1.82, 2.24) is 9.78 Å². The second-order valence-corrected chi connectivity index (χ2v) is 4.82. The fraction of sp³-hybridized carbons (Fsp3) is 0.700. The second-order valence-electron chi connectivity index (χ2n) is 4.82. The lowest BCUT2D eigenvalue weighted by atomic mass is 10.1. The third-order valence-electron chi connectivity index (χ3n) is 2.20. The van der Waals surface area contributed by atoms with Gasteiger partial charge in [0.1, 0.15) is 6.04 Å². The van der Waals surface area contributed by atoms with Crippen molar-refractivity contribution in [3.63, 3.8) is 0 Å². The van der Waals surface area contributed by atoms with Crippen molar-refractivity contribution in [2.24, 2.45) is 5.73 Å². The first-order valence-electron chi connectivity index (χ1n) is 4.97. The van der Waals surface area contributed by atoms with Crippen LogP contribution in [-0.2, 0) is 12.0 Å². The van der Waals surface area contributed by atoms with Crippen LogP contribution in [0.1, 0.15) is 26.3 Å². The molecule has 1 unspecified atom stereocenters. The normalized spacial score (nSPS) is 15.2. The molecule has 6 heteroatoms. The number of nitrogens with zero attached hydrogens (tertiary/aromatic N) is 2. The molecular formula is C10H16F3N3. The largest absolute Gasteiger partial charge is 0.403 e. The van der Waals surface area contributed by atoms with E-state index in [0.29, 0.717) is 5.56 Å². The molecule has 2 N–H and O–H groups in total. The number of aromatic nitrogens is 2. The zero-order chi connectivity index (χ0) is 12.6. The Morgan fingerprint density at radius 2 is 1.94 bits per heavy atom. The van der Waals surface area contributed by atoms with Gasteiger partial charge in [-0.05, 0) is 32.8 Å². The van der Waals surface area contributed by atoms with Crippen LogP contribution in [-0.4, -0.2) is 22.0 Å². The first-order chi connectivity index (χ1) is 7.10. The molecule has 1 rings (SSSR count). The number of nitrogens with two attached hydrogens (primary N) is 1. The molecule has 0 aliphatic heterocycles. The molecule has 0 saturated carbocycles. The van der Waals surface area contributed by atoms with E-state index in [-0.39, 0.29) is 12.0 Å². The van der Waals surface area contributed by atoms with E-state index in [1.54, 1.807) is 10.9 Å². The van der Waals surface area contributed by atoms with Gasteiger partial charge in [-0.3, -0.25) is 4.68 Å². The molecule has 1 aromatic rings. The number of hydrogen-bond donors (Lipinski definition) is 1. The van der Waals surface area contributed by atoms with E-state index in [1.165, 1.54) is 6.20 Å². The summed E-state index contributed by atoms with van der Waals surface area (Å²) in [5.41, 5.74) is 5.30. The van der Waals surface area contributed by atoms with Gasteiger partial charge in [0.25, 0.3) is 0 Å². The van der Waals surface area contributed by atoms with E-state index in [4.69, 9.17) is 5.73 Å². The Kier molecular flexibility index (Phi) is 3.33. The summed E-state index contributed by atoms with van der Waals surface area (Å²) in [6.45, 7) is 5.77. The molecule has 0 aromatic carbocycles. The van der Waals surface area contributed by atoms with Crippen LogP contribution in [0.2, 0.25) is 0 Å². The molecule has 1 atom stereocenters. The Bertz CT molecular complexity index is 349. The molecule has 0 saturated heterocycles. The Morgan fingerprint density at radius 3 is 2.31 bits per heavy atom. The van der Waals surface area contributed by atoms with Gasteiger partial charge in [0.15, 0.2) is 0 Å². The summed E-state index contributed by atoms with van der Waals surface area (Å²) in [5, 5.41) is 4.02. The number of halogens is 3. The minimum atomic E-state index is -4.36. The van der Waals surface area contributed by atoms with Gasteiger partial charge in [0.2, 0.25) is 0 Å². The maximum absolute atomic E-state index is 12.2. The van der Waals surface area contributed by atoms with Gasteiger partial charge in [-0.15, -0.1) is 0 Å². The van der Waals surface area contributed by atoms with Crippen LogP contribution >= 0.6 is 0 Å². The monoisotopic (exact) mass is 235 g/mol. The summed E-state index contributed by atoms with van der Waals surface area (Å²) in [4.78, 5) is 0. The SMILES string of the molecule is CC(C)(C)n1cc(CC(N)C(F)(F)F)cn1. The Hall–Kier alpha value is -1.04. The van der Waals surface area contributed by atoms with Crippen LogP contribution < -0.4 is 5.73 Å². The average molecular weight is 235 g/mol. The lowest BCUT2D eigenvalue weighted by Crippen LogP contribution is -2.39. The van der Waals surface area contributed by atoms with Crippen molar-refractivity contribution in [3.8, 4) is 0 Å². The Labute approximate surface area is 92.4 Å². The van der Waals surface area contributed by atoms with Crippen LogP contribution in [0.15, 0.2) is 12.4 Å². The smallest absolute Gasteiger partial charge is 0.320 e. The van der Waals surface area contributed by atoms with E-state index >= 15 is 0 Å². The lowest BCUT2D eigenvalue weighted by molar-refractivity contribution is -0.147. The molecule has 0 aliphatic rings. The van der Waals surface area contributed by atoms with Crippen molar-refractivity contribution >= 4 is 0 Å². The standard InChI is InChI=1S/C10H16F3N3/c1-9(2,3)16-6-7(5-15-16)4-8(14)10(11,12)13/h5-6,8H,4,14H2,1-3H3. The lowest BCUT2D eigenvalue weighted by Gasteiger charge is -2.19. The topological polar surface area (TPSA) is 43.8 Å². The fourth-order valence-corrected chi connectivity index (χ4v) is 1.20. The molecule has 16 heavy (non-hydrogen) atoms. The molecule has 3 nitrogen and oxygen atoms in total. The van der Waals surface area contributed by atoms with Crippen LogP contribution in [0.4, 0.5) is 13.2 Å². The number of alkyl halides is 3. The number of hydrogen-bond acceptors (Lipinski definition) is 2. The van der Waals surface area contributed by atoms with Gasteiger partial charge in [0, 0.05) is 6.20 Å². The maximum atomic E-state index is 12.2. The summed E-state index contributed by atoms with van der Waals surface area (Å²) < 4.78 is 38.3. The highest BCUT2D eigenvalue weighted by atomic mass is 19.4. The summed E-state index contributed by atoms with van der Waals surface area (Å²) in [6, 6.07) is -1.83. The highest BCUT2D eigenvalue weighted by Gasteiger charge is 2.36. The highest BCUT2D eigenvalue weighted by molar-refractivity contribution is 5.08. The van der Waals surface area contributed by atoms with Crippen molar-refractivity contribution in [2.75, 3.05) is 0 Å². The van der Waals surface area contributed by atoms with Crippen LogP contribution in [0.5, 0.6) is 0 Å².